The van der Waals surface area contributed by atoms with E-state index in [1.54, 1.807) is 18.2 Å². The zero-order chi connectivity index (χ0) is 20.2. The Kier molecular flexibility index (Phi) is 5.83. The van der Waals surface area contributed by atoms with Crippen LogP contribution in [0.4, 0.5) is 0 Å². The van der Waals surface area contributed by atoms with Crippen LogP contribution in [0.3, 0.4) is 0 Å². The van der Waals surface area contributed by atoms with Crippen LogP contribution in [0.15, 0.2) is 34.9 Å². The highest BCUT2D eigenvalue weighted by Crippen LogP contribution is 2.32. The topological polar surface area (TPSA) is 75.9 Å². The van der Waals surface area contributed by atoms with E-state index in [2.05, 4.69) is 4.98 Å². The van der Waals surface area contributed by atoms with Crippen LogP contribution >= 0.6 is 0 Å². The number of ether oxygens (including phenoxy) is 1. The second-order valence-electron chi connectivity index (χ2n) is 7.67. The van der Waals surface area contributed by atoms with Gasteiger partial charge in [0.25, 0.3) is 0 Å². The lowest BCUT2D eigenvalue weighted by atomic mass is 10.0. The van der Waals surface area contributed by atoms with E-state index in [4.69, 9.17) is 9.15 Å². The maximum absolute atomic E-state index is 12.9. The van der Waals surface area contributed by atoms with E-state index in [0.29, 0.717) is 31.8 Å². The van der Waals surface area contributed by atoms with E-state index in [0.717, 1.165) is 42.8 Å². The van der Waals surface area contributed by atoms with Crippen molar-refractivity contribution in [3.05, 3.63) is 47.7 Å². The van der Waals surface area contributed by atoms with Crippen LogP contribution in [0.2, 0.25) is 0 Å². The third-order valence-corrected chi connectivity index (χ3v) is 5.73. The number of aromatic nitrogens is 1. The monoisotopic (exact) mass is 397 g/mol. The number of likely N-dealkylation sites (tertiary alicyclic amines) is 2. The van der Waals surface area contributed by atoms with E-state index in [9.17, 15) is 9.59 Å². The molecule has 2 aliphatic rings. The van der Waals surface area contributed by atoms with Gasteiger partial charge in [0.1, 0.15) is 17.6 Å². The van der Waals surface area contributed by atoms with E-state index in [1.807, 2.05) is 29.2 Å². The van der Waals surface area contributed by atoms with Crippen molar-refractivity contribution in [1.82, 2.24) is 14.8 Å². The molecule has 1 atom stereocenters. The van der Waals surface area contributed by atoms with Crippen molar-refractivity contribution in [2.24, 2.45) is 0 Å². The Balaban J connectivity index is 1.47. The molecule has 2 aromatic rings. The number of rotatable bonds is 6. The Morgan fingerprint density at radius 1 is 1.24 bits per heavy atom. The summed E-state index contributed by atoms with van der Waals surface area (Å²) in [6.07, 6.45) is 6.52. The molecule has 2 aliphatic heterocycles. The van der Waals surface area contributed by atoms with Gasteiger partial charge >= 0.3 is 0 Å². The maximum Gasteiger partial charge on any atom is 0.242 e. The Hall–Kier alpha value is -2.83. The predicted octanol–water partition coefficient (Wildman–Crippen LogP) is 2.95. The molecule has 3 heterocycles. The van der Waals surface area contributed by atoms with E-state index >= 15 is 0 Å². The Morgan fingerprint density at radius 2 is 2.10 bits per heavy atom. The van der Waals surface area contributed by atoms with E-state index in [-0.39, 0.29) is 24.4 Å². The molecule has 0 N–H and O–H groups in total. The van der Waals surface area contributed by atoms with Crippen molar-refractivity contribution < 1.29 is 18.7 Å². The molecule has 0 bridgehead atoms. The highest BCUT2D eigenvalue weighted by Gasteiger charge is 2.33. The summed E-state index contributed by atoms with van der Waals surface area (Å²) in [5, 5.41) is 0. The predicted molar refractivity (Wildman–Crippen MR) is 106 cm³/mol. The van der Waals surface area contributed by atoms with Crippen molar-refractivity contribution in [2.75, 3.05) is 26.7 Å². The zero-order valence-electron chi connectivity index (χ0n) is 16.8. The quantitative estimate of drug-likeness (QED) is 0.749. The second-order valence-corrected chi connectivity index (χ2v) is 7.67. The highest BCUT2D eigenvalue weighted by atomic mass is 16.5. The van der Waals surface area contributed by atoms with Crippen LogP contribution in [0.1, 0.15) is 55.4 Å². The van der Waals surface area contributed by atoms with Gasteiger partial charge in [-0.3, -0.25) is 9.59 Å². The third kappa shape index (κ3) is 4.28. The van der Waals surface area contributed by atoms with Crippen molar-refractivity contribution in [1.29, 1.82) is 0 Å². The van der Waals surface area contributed by atoms with Gasteiger partial charge in [0.2, 0.25) is 17.7 Å². The lowest BCUT2D eigenvalue weighted by molar-refractivity contribution is -0.141. The first-order valence-electron chi connectivity index (χ1n) is 10.3. The summed E-state index contributed by atoms with van der Waals surface area (Å²) in [6.45, 7) is 1.50. The minimum Gasteiger partial charge on any atom is -0.496 e. The summed E-state index contributed by atoms with van der Waals surface area (Å²) in [6, 6.07) is 7.67. The molecule has 4 rings (SSSR count). The molecule has 1 unspecified atom stereocenters. The largest absolute Gasteiger partial charge is 0.496 e. The van der Waals surface area contributed by atoms with Gasteiger partial charge in [0, 0.05) is 31.5 Å². The summed E-state index contributed by atoms with van der Waals surface area (Å²) < 4.78 is 11.5. The van der Waals surface area contributed by atoms with Crippen molar-refractivity contribution in [3.8, 4) is 5.75 Å². The Bertz CT molecular complexity index is 878. The minimum atomic E-state index is -0.166. The van der Waals surface area contributed by atoms with Crippen molar-refractivity contribution in [2.45, 2.75) is 44.6 Å². The first-order valence-corrected chi connectivity index (χ1v) is 10.3. The molecular formula is C22H27N3O4. The molecule has 0 saturated carbocycles. The molecule has 7 nitrogen and oxygen atoms in total. The summed E-state index contributed by atoms with van der Waals surface area (Å²) in [5.41, 5.74) is 1.03. The summed E-state index contributed by atoms with van der Waals surface area (Å²) in [5.74, 6) is 2.19. The fourth-order valence-electron chi connectivity index (χ4n) is 4.21. The fourth-order valence-corrected chi connectivity index (χ4v) is 4.21. The second kappa shape index (κ2) is 8.68. The van der Waals surface area contributed by atoms with Gasteiger partial charge in [-0.25, -0.2) is 4.98 Å². The van der Waals surface area contributed by atoms with Crippen LogP contribution in [-0.2, 0) is 16.0 Å². The number of methoxy groups -OCH3 is 1. The van der Waals surface area contributed by atoms with Gasteiger partial charge < -0.3 is 19.0 Å². The molecule has 2 fully saturated rings. The molecular weight excluding hydrogens is 370 g/mol. The maximum atomic E-state index is 12.9. The van der Waals surface area contributed by atoms with Gasteiger partial charge in [0.15, 0.2) is 0 Å². The van der Waals surface area contributed by atoms with Gasteiger partial charge in [-0.05, 0) is 31.7 Å². The number of nitrogens with zero attached hydrogens (tertiary/aromatic N) is 3. The van der Waals surface area contributed by atoms with Crippen LogP contribution in [0.5, 0.6) is 5.75 Å². The number of benzene rings is 1. The summed E-state index contributed by atoms with van der Waals surface area (Å²) >= 11 is 0. The highest BCUT2D eigenvalue weighted by molar-refractivity contribution is 5.86. The Labute approximate surface area is 170 Å². The fraction of sp³-hybridized carbons (Fsp3) is 0.500. The molecule has 2 saturated heterocycles. The van der Waals surface area contributed by atoms with Gasteiger partial charge in [-0.1, -0.05) is 18.2 Å². The molecule has 0 radical (unpaired) electrons. The van der Waals surface area contributed by atoms with Gasteiger partial charge in [-0.15, -0.1) is 0 Å². The molecule has 2 amide bonds. The molecule has 0 aliphatic carbocycles. The first kappa shape index (κ1) is 19.5. The average molecular weight is 397 g/mol. The van der Waals surface area contributed by atoms with Crippen LogP contribution in [0.25, 0.3) is 0 Å². The number of para-hydroxylation sites is 1. The number of hydrogen-bond donors (Lipinski definition) is 0. The third-order valence-electron chi connectivity index (χ3n) is 5.73. The molecule has 29 heavy (non-hydrogen) atoms. The summed E-state index contributed by atoms with van der Waals surface area (Å²) in [4.78, 5) is 32.8. The number of carbonyl (C=O) groups excluding carboxylic acids is 2. The lowest BCUT2D eigenvalue weighted by Crippen LogP contribution is -2.44. The zero-order valence-corrected chi connectivity index (χ0v) is 16.8. The first-order chi connectivity index (χ1) is 14.2. The van der Waals surface area contributed by atoms with Gasteiger partial charge in [-0.2, -0.15) is 0 Å². The molecule has 7 heteroatoms. The van der Waals surface area contributed by atoms with Crippen LogP contribution < -0.4 is 4.74 Å². The lowest BCUT2D eigenvalue weighted by Gasteiger charge is -2.34. The van der Waals surface area contributed by atoms with Gasteiger partial charge in [0.05, 0.1) is 19.9 Å². The number of piperidine rings is 1. The van der Waals surface area contributed by atoms with E-state index in [1.165, 1.54) is 0 Å². The number of carbonyl (C=O) groups is 2. The van der Waals surface area contributed by atoms with Crippen LogP contribution in [0, 0.1) is 0 Å². The van der Waals surface area contributed by atoms with E-state index < -0.39 is 0 Å². The van der Waals surface area contributed by atoms with Crippen molar-refractivity contribution in [3.63, 3.8) is 0 Å². The van der Waals surface area contributed by atoms with Crippen molar-refractivity contribution >= 4 is 11.8 Å². The van der Waals surface area contributed by atoms with Crippen LogP contribution in [-0.4, -0.2) is 53.3 Å². The molecule has 1 aromatic carbocycles. The number of hydrogen-bond acceptors (Lipinski definition) is 5. The number of oxazole rings is 1. The smallest absolute Gasteiger partial charge is 0.242 e. The molecule has 1 aromatic heterocycles. The summed E-state index contributed by atoms with van der Waals surface area (Å²) in [7, 11) is 1.65. The number of amides is 2. The normalized spacial score (nSPS) is 19.6. The average Bonchev–Trinajstić information content (AvgIpc) is 3.37. The molecule has 0 spiro atoms. The Morgan fingerprint density at radius 3 is 2.90 bits per heavy atom. The standard InChI is InChI=1S/C22H27N3O4/c1-28-19-9-3-2-7-16(19)13-17-14-23-22(29-17)18-8-4-5-12-25(18)21(27)15-24-11-6-10-20(24)26/h2-3,7,9,14,18H,4-6,8,10-13,15H2,1H3. The SMILES string of the molecule is COc1ccccc1Cc1cnc(C2CCCCN2C(=O)CN2CCCC2=O)o1. The molecule has 154 valence electrons. The minimum absolute atomic E-state index is 0.0190.